The highest BCUT2D eigenvalue weighted by Gasteiger charge is 2.44. The van der Waals surface area contributed by atoms with Crippen LogP contribution in [0.15, 0.2) is 0 Å². The fourth-order valence-corrected chi connectivity index (χ4v) is 1.56. The first-order valence-corrected chi connectivity index (χ1v) is 4.20. The molecule has 0 N–H and O–H groups in total. The molecule has 0 aromatic heterocycles. The van der Waals surface area contributed by atoms with Crippen LogP contribution in [0.5, 0.6) is 0 Å². The minimum absolute atomic E-state index is 0.427. The van der Waals surface area contributed by atoms with Crippen LogP contribution in [0.2, 0.25) is 0 Å². The van der Waals surface area contributed by atoms with Crippen molar-refractivity contribution in [1.82, 2.24) is 0 Å². The molecule has 1 saturated carbocycles. The first-order chi connectivity index (χ1) is 4.27. The molecular formula is C8H14Cl. The summed E-state index contributed by atoms with van der Waals surface area (Å²) in [6.45, 7) is 4.43. The number of unbranched alkanes of at least 4 members (excludes halogenated alkanes) is 1. The van der Waals surface area contributed by atoms with Gasteiger partial charge in [0.15, 0.2) is 0 Å². The summed E-state index contributed by atoms with van der Waals surface area (Å²) in [6.07, 6.45) is 3.88. The van der Waals surface area contributed by atoms with Gasteiger partial charge in [0.2, 0.25) is 0 Å². The van der Waals surface area contributed by atoms with Crippen LogP contribution in [-0.2, 0) is 0 Å². The summed E-state index contributed by atoms with van der Waals surface area (Å²) in [5.41, 5.74) is 0. The molecule has 1 heteroatoms. The van der Waals surface area contributed by atoms with Crippen molar-refractivity contribution < 1.29 is 0 Å². The van der Waals surface area contributed by atoms with E-state index in [1.165, 1.54) is 19.3 Å². The molecule has 0 aromatic rings. The molecule has 0 saturated heterocycles. The average Bonchev–Trinajstić information content (AvgIpc) is 2.39. The Morgan fingerprint density at radius 2 is 2.11 bits per heavy atom. The Morgan fingerprint density at radius 1 is 1.56 bits per heavy atom. The van der Waals surface area contributed by atoms with Crippen LogP contribution < -0.4 is 0 Å². The Morgan fingerprint density at radius 3 is 2.44 bits per heavy atom. The van der Waals surface area contributed by atoms with Crippen molar-refractivity contribution in [3.63, 3.8) is 0 Å². The highest BCUT2D eigenvalue weighted by Crippen LogP contribution is 2.48. The largest absolute Gasteiger partial charge is 0.122 e. The maximum absolute atomic E-state index is 5.90. The van der Waals surface area contributed by atoms with E-state index in [0.717, 1.165) is 5.92 Å². The van der Waals surface area contributed by atoms with Crippen molar-refractivity contribution in [3.8, 4) is 0 Å². The monoisotopic (exact) mass is 145 g/mol. The lowest BCUT2D eigenvalue weighted by Gasteiger charge is -1.91. The van der Waals surface area contributed by atoms with E-state index in [4.69, 9.17) is 11.6 Å². The van der Waals surface area contributed by atoms with Gasteiger partial charge in [0.05, 0.1) is 0 Å². The van der Waals surface area contributed by atoms with Gasteiger partial charge in [-0.1, -0.05) is 26.7 Å². The topological polar surface area (TPSA) is 0 Å². The molecule has 0 spiro atoms. The van der Waals surface area contributed by atoms with E-state index in [-0.39, 0.29) is 0 Å². The maximum Gasteiger partial charge on any atom is 0.0433 e. The molecule has 1 rings (SSSR count). The first kappa shape index (κ1) is 7.40. The predicted molar refractivity (Wildman–Crippen MR) is 41.6 cm³/mol. The van der Waals surface area contributed by atoms with Gasteiger partial charge in [-0.15, -0.1) is 11.6 Å². The Balaban J connectivity index is 2.04. The van der Waals surface area contributed by atoms with E-state index in [2.05, 4.69) is 13.8 Å². The Bertz CT molecular complexity index is 82.6. The third-order valence-corrected chi connectivity index (χ3v) is 2.75. The normalized spacial score (nSPS) is 35.0. The molecule has 1 fully saturated rings. The lowest BCUT2D eigenvalue weighted by molar-refractivity contribution is 0.755. The van der Waals surface area contributed by atoms with Crippen LogP contribution in [-0.4, -0.2) is 5.38 Å². The lowest BCUT2D eigenvalue weighted by atomic mass is 10.2. The number of hydrogen-bond acceptors (Lipinski definition) is 0. The molecule has 0 aliphatic heterocycles. The molecule has 2 unspecified atom stereocenters. The van der Waals surface area contributed by atoms with Crippen LogP contribution in [0, 0.1) is 11.8 Å². The van der Waals surface area contributed by atoms with Crippen molar-refractivity contribution in [2.45, 2.75) is 38.5 Å². The van der Waals surface area contributed by atoms with E-state index in [0.29, 0.717) is 5.38 Å². The van der Waals surface area contributed by atoms with Crippen molar-refractivity contribution in [3.05, 3.63) is 5.92 Å². The molecule has 53 valence electrons. The van der Waals surface area contributed by atoms with Crippen molar-refractivity contribution in [1.29, 1.82) is 0 Å². The fourth-order valence-electron chi connectivity index (χ4n) is 1.16. The summed E-state index contributed by atoms with van der Waals surface area (Å²) >= 11 is 5.90. The second-order valence-electron chi connectivity index (χ2n) is 2.87. The summed E-state index contributed by atoms with van der Waals surface area (Å²) in [6, 6.07) is 0. The smallest absolute Gasteiger partial charge is 0.0433 e. The fraction of sp³-hybridized carbons (Fsp3) is 0.875. The summed E-state index contributed by atoms with van der Waals surface area (Å²) in [5.74, 6) is 2.30. The molecule has 0 bridgehead atoms. The van der Waals surface area contributed by atoms with Gasteiger partial charge in [-0.25, -0.2) is 0 Å². The van der Waals surface area contributed by atoms with Crippen LogP contribution in [0.25, 0.3) is 0 Å². The summed E-state index contributed by atoms with van der Waals surface area (Å²) in [7, 11) is 0. The van der Waals surface area contributed by atoms with Crippen molar-refractivity contribution >= 4 is 11.6 Å². The number of halogens is 1. The molecule has 1 aliphatic carbocycles. The quantitative estimate of drug-likeness (QED) is 0.536. The summed E-state index contributed by atoms with van der Waals surface area (Å²) in [5, 5.41) is 0.427. The van der Waals surface area contributed by atoms with Crippen LogP contribution in [0.4, 0.5) is 0 Å². The molecule has 0 aromatic carbocycles. The van der Waals surface area contributed by atoms with Crippen LogP contribution >= 0.6 is 11.6 Å². The molecule has 2 atom stereocenters. The molecule has 1 radical (unpaired) electrons. The highest BCUT2D eigenvalue weighted by molar-refractivity contribution is 6.25. The Labute approximate surface area is 62.6 Å². The minimum Gasteiger partial charge on any atom is -0.122 e. The van der Waals surface area contributed by atoms with E-state index >= 15 is 0 Å². The molecule has 0 heterocycles. The second-order valence-corrected chi connectivity index (χ2v) is 3.34. The van der Waals surface area contributed by atoms with Gasteiger partial charge in [0.25, 0.3) is 0 Å². The van der Waals surface area contributed by atoms with Crippen LogP contribution in [0.3, 0.4) is 0 Å². The third-order valence-electron chi connectivity index (χ3n) is 2.09. The van der Waals surface area contributed by atoms with Gasteiger partial charge < -0.3 is 0 Å². The molecular weight excluding hydrogens is 132 g/mol. The minimum atomic E-state index is 0.427. The lowest BCUT2D eigenvalue weighted by Crippen LogP contribution is -1.77. The first-order valence-electron chi connectivity index (χ1n) is 3.77. The standard InChI is InChI=1S/C8H14Cl/c1-3-4-5-7-6(2)8(7)9/h6,8H,3-5H2,1-2H3. The zero-order valence-corrected chi connectivity index (χ0v) is 6.91. The van der Waals surface area contributed by atoms with Gasteiger partial charge in [-0.3, -0.25) is 0 Å². The predicted octanol–water partition coefficient (Wildman–Crippen LogP) is 3.01. The van der Waals surface area contributed by atoms with Crippen LogP contribution in [0.1, 0.15) is 33.1 Å². The molecule has 1 aliphatic rings. The zero-order chi connectivity index (χ0) is 6.85. The number of hydrogen-bond donors (Lipinski definition) is 0. The van der Waals surface area contributed by atoms with Gasteiger partial charge >= 0.3 is 0 Å². The maximum atomic E-state index is 5.90. The SMILES string of the molecule is CCCC[C]1C(C)C1Cl. The molecule has 9 heavy (non-hydrogen) atoms. The number of alkyl halides is 1. The van der Waals surface area contributed by atoms with Gasteiger partial charge in [-0.05, 0) is 18.3 Å². The molecule has 0 nitrogen and oxygen atoms in total. The van der Waals surface area contributed by atoms with Crippen molar-refractivity contribution in [2.24, 2.45) is 5.92 Å². The average molecular weight is 146 g/mol. The second kappa shape index (κ2) is 2.92. The Hall–Kier alpha value is 0.290. The highest BCUT2D eigenvalue weighted by atomic mass is 35.5. The van der Waals surface area contributed by atoms with E-state index in [1.807, 2.05) is 0 Å². The van der Waals surface area contributed by atoms with Crippen molar-refractivity contribution in [2.75, 3.05) is 0 Å². The summed E-state index contributed by atoms with van der Waals surface area (Å²) < 4.78 is 0. The Kier molecular flexibility index (Phi) is 2.40. The molecule has 0 amide bonds. The van der Waals surface area contributed by atoms with Gasteiger partial charge in [0, 0.05) is 5.38 Å². The van der Waals surface area contributed by atoms with E-state index < -0.39 is 0 Å². The van der Waals surface area contributed by atoms with E-state index in [9.17, 15) is 0 Å². The zero-order valence-electron chi connectivity index (χ0n) is 6.15. The third kappa shape index (κ3) is 1.61. The summed E-state index contributed by atoms with van der Waals surface area (Å²) in [4.78, 5) is 0. The number of rotatable bonds is 3. The van der Waals surface area contributed by atoms with Gasteiger partial charge in [-0.2, -0.15) is 0 Å². The van der Waals surface area contributed by atoms with E-state index in [1.54, 1.807) is 5.92 Å². The van der Waals surface area contributed by atoms with Gasteiger partial charge in [0.1, 0.15) is 0 Å².